The van der Waals surface area contributed by atoms with Gasteiger partial charge in [-0.2, -0.15) is 0 Å². The van der Waals surface area contributed by atoms with Crippen LogP contribution in [0.2, 0.25) is 0 Å². The van der Waals surface area contributed by atoms with Crippen molar-refractivity contribution in [2.24, 2.45) is 4.99 Å². The lowest BCUT2D eigenvalue weighted by molar-refractivity contribution is 0.824. The lowest BCUT2D eigenvalue weighted by Crippen LogP contribution is -2.30. The van der Waals surface area contributed by atoms with Crippen LogP contribution in [0.5, 0.6) is 0 Å². The van der Waals surface area contributed by atoms with Gasteiger partial charge in [-0.25, -0.2) is 4.79 Å². The van der Waals surface area contributed by atoms with Crippen molar-refractivity contribution < 1.29 is 0 Å². The molecule has 0 fully saturated rings. The first-order chi connectivity index (χ1) is 6.68. The molecule has 1 aliphatic heterocycles. The molecule has 0 unspecified atom stereocenters. The molecule has 1 N–H and O–H groups in total. The number of hydrogen-bond acceptors (Lipinski definition) is 3. The third-order valence-corrected chi connectivity index (χ3v) is 2.05. The van der Waals surface area contributed by atoms with Crippen molar-refractivity contribution in [2.75, 3.05) is 0 Å². The monoisotopic (exact) mass is 191 g/mol. The number of fused-ring (bicyclic) bond motifs is 1. The molecular weight excluding hydrogens is 182 g/mol. The molecule has 5 heteroatoms. The average Bonchev–Trinajstić information content (AvgIpc) is 2.27. The van der Waals surface area contributed by atoms with Gasteiger partial charge >= 0.3 is 5.69 Å². The fraction of sp³-hybridized carbons (Fsp3) is 0.222. The van der Waals surface area contributed by atoms with E-state index in [1.165, 1.54) is 10.6 Å². The highest BCUT2D eigenvalue weighted by molar-refractivity contribution is 5.79. The molecule has 1 aliphatic rings. The zero-order valence-electron chi connectivity index (χ0n) is 7.65. The van der Waals surface area contributed by atoms with E-state index in [2.05, 4.69) is 9.98 Å². The summed E-state index contributed by atoms with van der Waals surface area (Å²) in [5.74, 6) is 0. The minimum Gasteiger partial charge on any atom is -0.287 e. The topological polar surface area (TPSA) is 67.2 Å². The van der Waals surface area contributed by atoms with E-state index in [1.54, 1.807) is 19.2 Å². The van der Waals surface area contributed by atoms with Gasteiger partial charge in [-0.15, -0.1) is 0 Å². The van der Waals surface area contributed by atoms with Gasteiger partial charge in [0.25, 0.3) is 5.56 Å². The van der Waals surface area contributed by atoms with E-state index in [4.69, 9.17) is 0 Å². The maximum Gasteiger partial charge on any atom is 0.332 e. The third kappa shape index (κ3) is 1.32. The molecule has 0 atom stereocenters. The second-order valence-corrected chi connectivity index (χ2v) is 3.06. The van der Waals surface area contributed by atoms with E-state index in [1.807, 2.05) is 0 Å². The van der Waals surface area contributed by atoms with Crippen molar-refractivity contribution in [3.05, 3.63) is 38.7 Å². The Balaban J connectivity index is 2.81. The lowest BCUT2D eigenvalue weighted by Gasteiger charge is -2.07. The molecule has 2 heterocycles. The van der Waals surface area contributed by atoms with Crippen molar-refractivity contribution in [2.45, 2.75) is 13.5 Å². The molecule has 0 aromatic carbocycles. The molecular formula is C9H9N3O2. The molecule has 0 saturated heterocycles. The predicted octanol–water partition coefficient (Wildman–Crippen LogP) is -0.0182. The molecule has 0 aliphatic carbocycles. The second-order valence-electron chi connectivity index (χ2n) is 3.06. The summed E-state index contributed by atoms with van der Waals surface area (Å²) in [6.07, 6.45) is 3.36. The molecule has 0 saturated carbocycles. The maximum atomic E-state index is 11.5. The van der Waals surface area contributed by atoms with Crippen LogP contribution in [0.3, 0.4) is 0 Å². The van der Waals surface area contributed by atoms with Gasteiger partial charge in [0.2, 0.25) is 0 Å². The highest BCUT2D eigenvalue weighted by Gasteiger charge is 2.08. The van der Waals surface area contributed by atoms with Crippen molar-refractivity contribution in [1.82, 2.24) is 9.55 Å². The van der Waals surface area contributed by atoms with Crippen LogP contribution < -0.4 is 11.2 Å². The fourth-order valence-electron chi connectivity index (χ4n) is 1.43. The Kier molecular flexibility index (Phi) is 1.92. The number of rotatable bonds is 0. The van der Waals surface area contributed by atoms with Crippen LogP contribution in [0.25, 0.3) is 5.70 Å². The van der Waals surface area contributed by atoms with Gasteiger partial charge < -0.3 is 0 Å². The van der Waals surface area contributed by atoms with Gasteiger partial charge in [-0.05, 0) is 13.0 Å². The quantitative estimate of drug-likeness (QED) is 0.626. The van der Waals surface area contributed by atoms with E-state index in [0.29, 0.717) is 12.2 Å². The molecule has 1 aromatic rings. The molecule has 0 bridgehead atoms. The number of allylic oxidation sites excluding steroid dienone is 2. The average molecular weight is 191 g/mol. The molecule has 72 valence electrons. The van der Waals surface area contributed by atoms with Crippen molar-refractivity contribution in [3.63, 3.8) is 0 Å². The normalized spacial score (nSPS) is 14.5. The van der Waals surface area contributed by atoms with Crippen LogP contribution in [0.4, 0.5) is 0 Å². The number of nitrogens with one attached hydrogen (secondary N) is 1. The molecule has 0 radical (unpaired) electrons. The number of aliphatic imine (C=N–C) groups is 1. The Bertz CT molecular complexity index is 534. The van der Waals surface area contributed by atoms with E-state index in [0.717, 1.165) is 5.70 Å². The Morgan fingerprint density at radius 1 is 1.50 bits per heavy atom. The fourth-order valence-corrected chi connectivity index (χ4v) is 1.43. The molecule has 2 rings (SSSR count). The third-order valence-electron chi connectivity index (χ3n) is 2.05. The van der Waals surface area contributed by atoms with Gasteiger partial charge in [-0.1, -0.05) is 0 Å². The SMILES string of the molecule is CC1=CC=NCc2cc(=O)[nH]c(=O)n21. The molecule has 1 aromatic heterocycles. The summed E-state index contributed by atoms with van der Waals surface area (Å²) >= 11 is 0. The summed E-state index contributed by atoms with van der Waals surface area (Å²) in [6.45, 7) is 2.15. The standard InChI is InChI=1S/C9H9N3O2/c1-6-2-3-10-5-7-4-8(13)11-9(14)12(6)7/h2-4H,5H2,1H3,(H,11,13,14). The Morgan fingerprint density at radius 2 is 2.29 bits per heavy atom. The molecule has 0 amide bonds. The Hall–Kier alpha value is -1.91. The van der Waals surface area contributed by atoms with Crippen LogP contribution >= 0.6 is 0 Å². The lowest BCUT2D eigenvalue weighted by atomic mass is 10.3. The van der Waals surface area contributed by atoms with Crippen LogP contribution in [0.1, 0.15) is 12.6 Å². The number of aromatic nitrogens is 2. The second kappa shape index (κ2) is 3.10. The van der Waals surface area contributed by atoms with Crippen LogP contribution in [0.15, 0.2) is 26.7 Å². The van der Waals surface area contributed by atoms with Gasteiger partial charge in [0.05, 0.1) is 12.2 Å². The summed E-state index contributed by atoms with van der Waals surface area (Å²) in [5, 5.41) is 0. The minimum absolute atomic E-state index is 0.354. The maximum absolute atomic E-state index is 11.5. The highest BCUT2D eigenvalue weighted by Crippen LogP contribution is 2.06. The van der Waals surface area contributed by atoms with Crippen molar-refractivity contribution in [3.8, 4) is 0 Å². The van der Waals surface area contributed by atoms with Crippen LogP contribution in [-0.2, 0) is 6.54 Å². The first-order valence-electron chi connectivity index (χ1n) is 4.21. The van der Waals surface area contributed by atoms with Crippen molar-refractivity contribution in [1.29, 1.82) is 0 Å². The van der Waals surface area contributed by atoms with E-state index in [9.17, 15) is 9.59 Å². The van der Waals surface area contributed by atoms with Gasteiger partial charge in [0, 0.05) is 18.0 Å². The van der Waals surface area contributed by atoms with Gasteiger partial charge in [-0.3, -0.25) is 19.3 Å². The van der Waals surface area contributed by atoms with Crippen molar-refractivity contribution >= 4 is 11.9 Å². The summed E-state index contributed by atoms with van der Waals surface area (Å²) in [7, 11) is 0. The predicted molar refractivity (Wildman–Crippen MR) is 53.5 cm³/mol. The number of nitrogens with zero attached hydrogens (tertiary/aromatic N) is 2. The molecule has 14 heavy (non-hydrogen) atoms. The largest absolute Gasteiger partial charge is 0.332 e. The van der Waals surface area contributed by atoms with Crippen LogP contribution in [0, 0.1) is 0 Å². The first kappa shape index (κ1) is 8.68. The highest BCUT2D eigenvalue weighted by atomic mass is 16.2. The first-order valence-corrected chi connectivity index (χ1v) is 4.21. The number of aromatic amines is 1. The zero-order chi connectivity index (χ0) is 10.1. The summed E-state index contributed by atoms with van der Waals surface area (Å²) in [4.78, 5) is 28.7. The van der Waals surface area contributed by atoms with E-state index >= 15 is 0 Å². The smallest absolute Gasteiger partial charge is 0.287 e. The Labute approximate surface area is 79.4 Å². The Morgan fingerprint density at radius 3 is 3.07 bits per heavy atom. The molecule has 0 spiro atoms. The zero-order valence-corrected chi connectivity index (χ0v) is 7.65. The van der Waals surface area contributed by atoms with E-state index in [-0.39, 0.29) is 5.56 Å². The summed E-state index contributed by atoms with van der Waals surface area (Å²) < 4.78 is 1.45. The van der Waals surface area contributed by atoms with Gasteiger partial charge in [0.15, 0.2) is 0 Å². The molecule has 5 nitrogen and oxygen atoms in total. The number of H-pyrrole nitrogens is 1. The number of hydrogen-bond donors (Lipinski definition) is 1. The summed E-state index contributed by atoms with van der Waals surface area (Å²) in [6, 6.07) is 1.39. The van der Waals surface area contributed by atoms with Crippen LogP contribution in [-0.4, -0.2) is 15.8 Å². The summed E-state index contributed by atoms with van der Waals surface area (Å²) in [5.41, 5.74) is 0.571. The minimum atomic E-state index is -0.410. The van der Waals surface area contributed by atoms with E-state index < -0.39 is 5.69 Å². The van der Waals surface area contributed by atoms with Gasteiger partial charge in [0.1, 0.15) is 0 Å².